The fourth-order valence-corrected chi connectivity index (χ4v) is 2.65. The van der Waals surface area contributed by atoms with Gasteiger partial charge in [0.15, 0.2) is 11.5 Å². The number of phenolic OH excluding ortho intramolecular Hbond substituents is 1. The number of carbonyl (C=O) groups is 1. The quantitative estimate of drug-likeness (QED) is 0.608. The molecule has 2 aromatic carbocycles. The van der Waals surface area contributed by atoms with Crippen molar-refractivity contribution in [1.29, 1.82) is 0 Å². The van der Waals surface area contributed by atoms with Gasteiger partial charge in [-0.1, -0.05) is 6.92 Å². The number of hydrogen-bond acceptors (Lipinski definition) is 6. The summed E-state index contributed by atoms with van der Waals surface area (Å²) in [5, 5.41) is 11.8. The molecule has 0 aromatic heterocycles. The van der Waals surface area contributed by atoms with Gasteiger partial charge in [0.2, 0.25) is 11.5 Å². The zero-order chi connectivity index (χ0) is 18.6. The molecule has 0 aliphatic heterocycles. The highest BCUT2D eigenvalue weighted by Gasteiger charge is 2.24. The van der Waals surface area contributed by atoms with Gasteiger partial charge < -0.3 is 24.2 Å². The Morgan fingerprint density at radius 2 is 1.76 bits per heavy atom. The van der Waals surface area contributed by atoms with E-state index < -0.39 is 0 Å². The number of benzene rings is 2. The lowest BCUT2D eigenvalue weighted by Gasteiger charge is -2.20. The molecule has 6 nitrogen and oxygen atoms in total. The molecular weight excluding hydrogens is 322 g/mol. The minimum Gasteiger partial charge on any atom is -0.504 e. The van der Waals surface area contributed by atoms with Gasteiger partial charge in [-0.2, -0.15) is 0 Å². The third-order valence-electron chi connectivity index (χ3n) is 4.12. The summed E-state index contributed by atoms with van der Waals surface area (Å²) in [7, 11) is 4.84. The van der Waals surface area contributed by atoms with Crippen LogP contribution >= 0.6 is 0 Å². The number of carbonyl (C=O) groups excluding carboxylic acids is 1. The van der Waals surface area contributed by atoms with Crippen LogP contribution in [0.15, 0.2) is 18.2 Å². The summed E-state index contributed by atoms with van der Waals surface area (Å²) >= 11 is 0. The van der Waals surface area contributed by atoms with E-state index in [0.29, 0.717) is 23.6 Å². The van der Waals surface area contributed by atoms with Gasteiger partial charge >= 0.3 is 5.97 Å². The van der Waals surface area contributed by atoms with Crippen molar-refractivity contribution >= 4 is 22.4 Å². The molecule has 2 rings (SSSR count). The average Bonchev–Trinajstić information content (AvgIpc) is 2.62. The molecule has 0 aliphatic rings. The number of esters is 1. The Bertz CT molecular complexity index is 772. The summed E-state index contributed by atoms with van der Waals surface area (Å²) in [5.41, 5.74) is 0.934. The maximum absolute atomic E-state index is 12.0. The summed E-state index contributed by atoms with van der Waals surface area (Å²) in [6.07, 6.45) is 0.976. The van der Waals surface area contributed by atoms with Crippen LogP contribution in [0.4, 0.5) is 5.69 Å². The number of methoxy groups -OCH3 is 2. The predicted octanol–water partition coefficient (Wildman–Crippen LogP) is 3.72. The first-order chi connectivity index (χ1) is 12.0. The largest absolute Gasteiger partial charge is 0.504 e. The Kier molecular flexibility index (Phi) is 5.96. The van der Waals surface area contributed by atoms with E-state index in [1.165, 1.54) is 14.2 Å². The molecule has 0 spiro atoms. The SMILES string of the molecule is CCCC(=O)Oc1c(OC)c(OC)c(O)c2cc(N(C)CC)ccc12. The van der Waals surface area contributed by atoms with Crippen molar-refractivity contribution in [1.82, 2.24) is 0 Å². The molecule has 136 valence electrons. The van der Waals surface area contributed by atoms with E-state index in [0.717, 1.165) is 12.2 Å². The molecule has 0 amide bonds. The number of aromatic hydroxyl groups is 1. The standard InChI is InChI=1S/C19H25NO5/c1-6-8-15(21)25-17-13-10-9-12(20(3)7-2)11-14(13)16(22)18(23-4)19(17)24-5/h9-11,22H,6-8H2,1-5H3. The molecule has 0 radical (unpaired) electrons. The second kappa shape index (κ2) is 7.96. The van der Waals surface area contributed by atoms with Crippen LogP contribution in [-0.4, -0.2) is 38.9 Å². The average molecular weight is 347 g/mol. The zero-order valence-electron chi connectivity index (χ0n) is 15.4. The number of nitrogens with zero attached hydrogens (tertiary/aromatic N) is 1. The van der Waals surface area contributed by atoms with Crippen LogP contribution in [0.25, 0.3) is 10.8 Å². The van der Waals surface area contributed by atoms with E-state index in [1.807, 2.05) is 44.0 Å². The summed E-state index contributed by atoms with van der Waals surface area (Å²) in [4.78, 5) is 14.1. The van der Waals surface area contributed by atoms with E-state index in [2.05, 4.69) is 0 Å². The van der Waals surface area contributed by atoms with Crippen molar-refractivity contribution < 1.29 is 24.1 Å². The Morgan fingerprint density at radius 1 is 1.08 bits per heavy atom. The maximum atomic E-state index is 12.0. The van der Waals surface area contributed by atoms with Crippen LogP contribution in [-0.2, 0) is 4.79 Å². The van der Waals surface area contributed by atoms with E-state index in [1.54, 1.807) is 0 Å². The number of anilines is 1. The number of rotatable bonds is 7. The van der Waals surface area contributed by atoms with Gasteiger partial charge in [-0.3, -0.25) is 4.79 Å². The first-order valence-electron chi connectivity index (χ1n) is 8.30. The van der Waals surface area contributed by atoms with Crippen LogP contribution in [0.2, 0.25) is 0 Å². The second-order valence-corrected chi connectivity index (χ2v) is 5.71. The monoisotopic (exact) mass is 347 g/mol. The molecule has 0 saturated carbocycles. The van der Waals surface area contributed by atoms with Gasteiger partial charge in [0.25, 0.3) is 0 Å². The fraction of sp³-hybridized carbons (Fsp3) is 0.421. The first kappa shape index (κ1) is 18.7. The van der Waals surface area contributed by atoms with Crippen LogP contribution in [0.1, 0.15) is 26.7 Å². The molecule has 0 atom stereocenters. The van der Waals surface area contributed by atoms with Crippen LogP contribution in [0.5, 0.6) is 23.0 Å². The number of ether oxygens (including phenoxy) is 3. The van der Waals surface area contributed by atoms with Gasteiger partial charge in [-0.15, -0.1) is 0 Å². The first-order valence-corrected chi connectivity index (χ1v) is 8.30. The Morgan fingerprint density at radius 3 is 2.32 bits per heavy atom. The van der Waals surface area contributed by atoms with Gasteiger partial charge in [-0.25, -0.2) is 0 Å². The Labute approximate surface area is 147 Å². The van der Waals surface area contributed by atoms with Crippen molar-refractivity contribution in [2.75, 3.05) is 32.7 Å². The van der Waals surface area contributed by atoms with E-state index in [9.17, 15) is 9.90 Å². The van der Waals surface area contributed by atoms with Gasteiger partial charge in [0, 0.05) is 36.5 Å². The molecule has 0 saturated heterocycles. The maximum Gasteiger partial charge on any atom is 0.311 e. The van der Waals surface area contributed by atoms with Crippen LogP contribution in [0, 0.1) is 0 Å². The second-order valence-electron chi connectivity index (χ2n) is 5.71. The third kappa shape index (κ3) is 3.57. The molecule has 6 heteroatoms. The lowest BCUT2D eigenvalue weighted by molar-refractivity contribution is -0.134. The van der Waals surface area contributed by atoms with Crippen molar-refractivity contribution in [3.05, 3.63) is 18.2 Å². The topological polar surface area (TPSA) is 68.2 Å². The molecular formula is C19H25NO5. The van der Waals surface area contributed by atoms with E-state index in [4.69, 9.17) is 14.2 Å². The minimum atomic E-state index is -0.357. The van der Waals surface area contributed by atoms with Crippen LogP contribution in [0.3, 0.4) is 0 Å². The van der Waals surface area contributed by atoms with Crippen molar-refractivity contribution in [3.8, 4) is 23.0 Å². The van der Waals surface area contributed by atoms with Crippen LogP contribution < -0.4 is 19.1 Å². The summed E-state index contributed by atoms with van der Waals surface area (Å²) < 4.78 is 16.2. The van der Waals surface area contributed by atoms with E-state index in [-0.39, 0.29) is 29.0 Å². The van der Waals surface area contributed by atoms with Crippen molar-refractivity contribution in [3.63, 3.8) is 0 Å². The molecule has 0 heterocycles. The Hall–Kier alpha value is -2.63. The van der Waals surface area contributed by atoms with E-state index >= 15 is 0 Å². The zero-order valence-corrected chi connectivity index (χ0v) is 15.4. The summed E-state index contributed by atoms with van der Waals surface area (Å²) in [6.45, 7) is 4.76. The third-order valence-corrected chi connectivity index (χ3v) is 4.12. The summed E-state index contributed by atoms with van der Waals surface area (Å²) in [6, 6.07) is 5.56. The molecule has 0 fully saturated rings. The predicted molar refractivity (Wildman–Crippen MR) is 98.2 cm³/mol. The van der Waals surface area contributed by atoms with Gasteiger partial charge in [0.05, 0.1) is 14.2 Å². The van der Waals surface area contributed by atoms with Crippen molar-refractivity contribution in [2.24, 2.45) is 0 Å². The lowest BCUT2D eigenvalue weighted by Crippen LogP contribution is -2.15. The molecule has 2 aromatic rings. The lowest BCUT2D eigenvalue weighted by atomic mass is 10.1. The number of fused-ring (bicyclic) bond motifs is 1. The van der Waals surface area contributed by atoms with Gasteiger partial charge in [-0.05, 0) is 31.5 Å². The van der Waals surface area contributed by atoms with Crippen molar-refractivity contribution in [2.45, 2.75) is 26.7 Å². The fourth-order valence-electron chi connectivity index (χ4n) is 2.65. The molecule has 0 unspecified atom stereocenters. The Balaban J connectivity index is 2.74. The summed E-state index contributed by atoms with van der Waals surface area (Å²) in [5.74, 6) is 0.205. The molecule has 1 N–H and O–H groups in total. The highest BCUT2D eigenvalue weighted by atomic mass is 16.6. The number of phenols is 1. The normalized spacial score (nSPS) is 10.6. The number of hydrogen-bond donors (Lipinski definition) is 1. The smallest absolute Gasteiger partial charge is 0.311 e. The molecule has 0 bridgehead atoms. The molecule has 0 aliphatic carbocycles. The highest BCUT2D eigenvalue weighted by molar-refractivity contribution is 6.01. The highest BCUT2D eigenvalue weighted by Crippen LogP contribution is 2.51. The molecule has 25 heavy (non-hydrogen) atoms. The van der Waals surface area contributed by atoms with Gasteiger partial charge in [0.1, 0.15) is 0 Å². The minimum absolute atomic E-state index is 0.0454.